The van der Waals surface area contributed by atoms with Crippen molar-refractivity contribution in [3.63, 3.8) is 0 Å². The summed E-state index contributed by atoms with van der Waals surface area (Å²) in [5, 5.41) is 10.7. The van der Waals surface area contributed by atoms with Crippen molar-refractivity contribution in [3.05, 3.63) is 78.5 Å². The zero-order chi connectivity index (χ0) is 24.8. The lowest BCUT2D eigenvalue weighted by Crippen LogP contribution is -2.51. The highest BCUT2D eigenvalue weighted by Gasteiger charge is 2.31. The van der Waals surface area contributed by atoms with Gasteiger partial charge in [0.1, 0.15) is 11.9 Å². The molecule has 0 amide bonds. The van der Waals surface area contributed by atoms with Gasteiger partial charge < -0.3 is 24.4 Å². The Morgan fingerprint density at radius 1 is 1.29 bits per heavy atom. The molecule has 1 saturated heterocycles. The molecule has 186 valence electrons. The zero-order valence-corrected chi connectivity index (χ0v) is 20.2. The summed E-state index contributed by atoms with van der Waals surface area (Å²) < 4.78 is 26.2. The second-order valence-corrected chi connectivity index (χ2v) is 8.70. The second kappa shape index (κ2) is 11.4. The summed E-state index contributed by atoms with van der Waals surface area (Å²) in [6, 6.07) is 9.48. The first kappa shape index (κ1) is 24.8. The van der Waals surface area contributed by atoms with Crippen LogP contribution in [0.25, 0.3) is 5.70 Å². The SMILES string of the molecule is C=CN1C(N2CCO[C@@H](c3ccc(OCCCN(C)C)cc3)C2)=NC(c2ccncc2F)=CC1O. The number of aliphatic imine (C=N–C) groups is 1. The Balaban J connectivity index is 1.48. The molecule has 1 N–H and O–H groups in total. The molecule has 1 unspecified atom stereocenters. The van der Waals surface area contributed by atoms with Crippen LogP contribution >= 0.6 is 0 Å². The van der Waals surface area contributed by atoms with Crippen molar-refractivity contribution in [2.75, 3.05) is 46.9 Å². The summed E-state index contributed by atoms with van der Waals surface area (Å²) in [7, 11) is 4.09. The number of benzene rings is 1. The fraction of sp³-hybridized carbons (Fsp3) is 0.385. The lowest BCUT2D eigenvalue weighted by molar-refractivity contribution is -0.0132. The van der Waals surface area contributed by atoms with Gasteiger partial charge in [-0.3, -0.25) is 9.88 Å². The van der Waals surface area contributed by atoms with Crippen LogP contribution in [0.4, 0.5) is 4.39 Å². The Labute approximate surface area is 205 Å². The zero-order valence-electron chi connectivity index (χ0n) is 20.2. The molecule has 0 saturated carbocycles. The topological polar surface area (TPSA) is 73.7 Å². The van der Waals surface area contributed by atoms with Crippen LogP contribution in [-0.2, 0) is 4.74 Å². The van der Waals surface area contributed by atoms with Crippen molar-refractivity contribution < 1.29 is 19.0 Å². The predicted octanol–water partition coefficient (Wildman–Crippen LogP) is 3.10. The van der Waals surface area contributed by atoms with Crippen LogP contribution in [0.2, 0.25) is 0 Å². The number of guanidine groups is 1. The van der Waals surface area contributed by atoms with E-state index in [1.807, 2.05) is 43.3 Å². The molecule has 4 rings (SSSR count). The van der Waals surface area contributed by atoms with Gasteiger partial charge in [-0.25, -0.2) is 9.38 Å². The highest BCUT2D eigenvalue weighted by Crippen LogP contribution is 2.29. The normalized spacial score (nSPS) is 20.5. The Bertz CT molecular complexity index is 1070. The van der Waals surface area contributed by atoms with Crippen LogP contribution in [0.5, 0.6) is 5.75 Å². The van der Waals surface area contributed by atoms with Gasteiger partial charge >= 0.3 is 0 Å². The molecule has 1 aromatic heterocycles. The van der Waals surface area contributed by atoms with E-state index in [1.54, 1.807) is 11.0 Å². The van der Waals surface area contributed by atoms with Gasteiger partial charge in [0.15, 0.2) is 12.0 Å². The molecule has 9 heteroatoms. The number of aliphatic hydroxyl groups is 1. The highest BCUT2D eigenvalue weighted by atomic mass is 19.1. The van der Waals surface area contributed by atoms with Crippen molar-refractivity contribution >= 4 is 11.7 Å². The second-order valence-electron chi connectivity index (χ2n) is 8.70. The largest absolute Gasteiger partial charge is 0.494 e. The van der Waals surface area contributed by atoms with Crippen molar-refractivity contribution in [1.82, 2.24) is 19.7 Å². The van der Waals surface area contributed by atoms with E-state index >= 15 is 0 Å². The predicted molar refractivity (Wildman–Crippen MR) is 133 cm³/mol. The van der Waals surface area contributed by atoms with Gasteiger partial charge in [0.25, 0.3) is 0 Å². The van der Waals surface area contributed by atoms with Gasteiger partial charge in [-0.15, -0.1) is 0 Å². The first-order valence-electron chi connectivity index (χ1n) is 11.7. The maximum atomic E-state index is 14.4. The molecule has 2 aliphatic heterocycles. The van der Waals surface area contributed by atoms with Crippen molar-refractivity contribution in [3.8, 4) is 5.75 Å². The molecule has 8 nitrogen and oxygen atoms in total. The third kappa shape index (κ3) is 6.05. The summed E-state index contributed by atoms with van der Waals surface area (Å²) in [6.07, 6.45) is 5.41. The van der Waals surface area contributed by atoms with E-state index in [2.05, 4.69) is 21.5 Å². The van der Waals surface area contributed by atoms with Crippen LogP contribution in [0, 0.1) is 5.82 Å². The number of hydrogen-bond donors (Lipinski definition) is 1. The molecular formula is C26H32FN5O3. The summed E-state index contributed by atoms with van der Waals surface area (Å²) in [4.78, 5) is 14.2. The lowest BCUT2D eigenvalue weighted by Gasteiger charge is -2.40. The smallest absolute Gasteiger partial charge is 0.208 e. The number of halogens is 1. The summed E-state index contributed by atoms with van der Waals surface area (Å²) in [5.74, 6) is 0.826. The van der Waals surface area contributed by atoms with Gasteiger partial charge in [0, 0.05) is 31.0 Å². The van der Waals surface area contributed by atoms with Crippen LogP contribution in [-0.4, -0.2) is 83.9 Å². The Hall–Kier alpha value is -3.27. The van der Waals surface area contributed by atoms with Gasteiger partial charge in [-0.2, -0.15) is 0 Å². The molecule has 1 fully saturated rings. The quantitative estimate of drug-likeness (QED) is 0.581. The van der Waals surface area contributed by atoms with Gasteiger partial charge in [0.2, 0.25) is 5.96 Å². The Kier molecular flexibility index (Phi) is 8.12. The van der Waals surface area contributed by atoms with E-state index in [0.717, 1.165) is 30.5 Å². The molecule has 0 bridgehead atoms. The third-order valence-corrected chi connectivity index (χ3v) is 5.91. The minimum atomic E-state index is -1.02. The number of ether oxygens (including phenoxy) is 2. The number of pyridine rings is 1. The van der Waals surface area contributed by atoms with Crippen molar-refractivity contribution in [2.24, 2.45) is 4.99 Å². The molecule has 2 atom stereocenters. The van der Waals surface area contributed by atoms with Crippen LogP contribution in [0.3, 0.4) is 0 Å². The fourth-order valence-electron chi connectivity index (χ4n) is 4.08. The van der Waals surface area contributed by atoms with Crippen LogP contribution in [0.1, 0.15) is 23.7 Å². The molecular weight excluding hydrogens is 449 g/mol. The molecule has 2 aliphatic rings. The van der Waals surface area contributed by atoms with E-state index in [4.69, 9.17) is 9.47 Å². The van der Waals surface area contributed by atoms with E-state index < -0.39 is 12.0 Å². The number of nitrogens with zero attached hydrogens (tertiary/aromatic N) is 5. The summed E-state index contributed by atoms with van der Waals surface area (Å²) in [5.41, 5.74) is 1.66. The fourth-order valence-corrected chi connectivity index (χ4v) is 4.08. The number of morpholine rings is 1. The van der Waals surface area contributed by atoms with Gasteiger partial charge in [0.05, 0.1) is 31.7 Å². The summed E-state index contributed by atoms with van der Waals surface area (Å²) >= 11 is 0. The summed E-state index contributed by atoms with van der Waals surface area (Å²) in [6.45, 7) is 7.04. The molecule has 2 aromatic rings. The van der Waals surface area contributed by atoms with E-state index in [-0.39, 0.29) is 11.7 Å². The molecule has 1 aromatic carbocycles. The van der Waals surface area contributed by atoms with Crippen LogP contribution in [0.15, 0.2) is 66.6 Å². The molecule has 3 heterocycles. The monoisotopic (exact) mass is 481 g/mol. The van der Waals surface area contributed by atoms with E-state index in [1.165, 1.54) is 18.5 Å². The molecule has 0 radical (unpaired) electrons. The molecule has 0 aliphatic carbocycles. The first-order chi connectivity index (χ1) is 17.0. The van der Waals surface area contributed by atoms with Crippen molar-refractivity contribution in [1.29, 1.82) is 0 Å². The number of hydrogen-bond acceptors (Lipinski definition) is 8. The average molecular weight is 482 g/mol. The lowest BCUT2D eigenvalue weighted by atomic mass is 10.1. The van der Waals surface area contributed by atoms with Gasteiger partial charge in [-0.1, -0.05) is 18.7 Å². The first-order valence-corrected chi connectivity index (χ1v) is 11.7. The molecule has 35 heavy (non-hydrogen) atoms. The average Bonchev–Trinajstić information content (AvgIpc) is 2.87. The standard InChI is InChI=1S/C26H32FN5O3/c1-4-32-25(33)16-23(21-10-11-28-17-22(21)27)29-26(32)31-13-15-35-24(18-31)19-6-8-20(9-7-19)34-14-5-12-30(2)3/h4,6-11,16-17,24-25,33H,1,5,12-15,18H2,2-3H3/t24-,25?/m1/s1. The van der Waals surface area contributed by atoms with E-state index in [9.17, 15) is 9.50 Å². The number of rotatable bonds is 8. The van der Waals surface area contributed by atoms with Gasteiger partial charge in [-0.05, 0) is 50.4 Å². The maximum absolute atomic E-state index is 14.4. The minimum absolute atomic E-state index is 0.190. The van der Waals surface area contributed by atoms with Crippen molar-refractivity contribution in [2.45, 2.75) is 18.8 Å². The number of aromatic nitrogens is 1. The minimum Gasteiger partial charge on any atom is -0.494 e. The third-order valence-electron chi connectivity index (χ3n) is 5.91. The number of aliphatic hydroxyl groups excluding tert-OH is 1. The Morgan fingerprint density at radius 2 is 2.09 bits per heavy atom. The maximum Gasteiger partial charge on any atom is 0.208 e. The Morgan fingerprint density at radius 3 is 2.80 bits per heavy atom. The van der Waals surface area contributed by atoms with Crippen LogP contribution < -0.4 is 4.74 Å². The highest BCUT2D eigenvalue weighted by molar-refractivity contribution is 5.89. The van der Waals surface area contributed by atoms with E-state index in [0.29, 0.717) is 38.0 Å². The molecule has 0 spiro atoms.